The van der Waals surface area contributed by atoms with Crippen LogP contribution in [0.1, 0.15) is 49.1 Å². The standard InChI is InChI=1S/C20H25N5O2S/c1-12-15(7-21-22-12)8-24(4)20(26)18-11-28-19-10-25(6-5-16(18)19)9-17-13(2)23-27-14(17)3/h7,11H,5-6,8-10H2,1-4H3,(H,21,22). The number of hydrogen-bond donors (Lipinski definition) is 1. The van der Waals surface area contributed by atoms with Crippen LogP contribution in [0.25, 0.3) is 0 Å². The second kappa shape index (κ2) is 7.52. The Morgan fingerprint density at radius 1 is 1.39 bits per heavy atom. The van der Waals surface area contributed by atoms with Gasteiger partial charge < -0.3 is 9.42 Å². The van der Waals surface area contributed by atoms with E-state index in [0.717, 1.165) is 54.3 Å². The van der Waals surface area contributed by atoms with E-state index in [0.29, 0.717) is 6.54 Å². The number of amides is 1. The van der Waals surface area contributed by atoms with E-state index in [9.17, 15) is 4.79 Å². The first-order valence-electron chi connectivity index (χ1n) is 9.41. The predicted molar refractivity (Wildman–Crippen MR) is 107 cm³/mol. The molecule has 1 aliphatic heterocycles. The van der Waals surface area contributed by atoms with Crippen LogP contribution in [0.5, 0.6) is 0 Å². The molecule has 4 heterocycles. The van der Waals surface area contributed by atoms with Gasteiger partial charge in [-0.25, -0.2) is 0 Å². The molecule has 0 saturated carbocycles. The van der Waals surface area contributed by atoms with Gasteiger partial charge in [0.15, 0.2) is 0 Å². The van der Waals surface area contributed by atoms with E-state index in [-0.39, 0.29) is 5.91 Å². The molecule has 3 aromatic rings. The fourth-order valence-electron chi connectivity index (χ4n) is 3.72. The molecule has 1 amide bonds. The highest BCUT2D eigenvalue weighted by molar-refractivity contribution is 7.10. The average Bonchev–Trinajstić information content (AvgIpc) is 3.36. The van der Waals surface area contributed by atoms with Crippen LogP contribution in [-0.2, 0) is 26.1 Å². The Hall–Kier alpha value is -2.45. The smallest absolute Gasteiger partial charge is 0.255 e. The minimum Gasteiger partial charge on any atom is -0.361 e. The van der Waals surface area contributed by atoms with Gasteiger partial charge in [-0.3, -0.25) is 14.8 Å². The fraction of sp³-hybridized carbons (Fsp3) is 0.450. The number of fused-ring (bicyclic) bond motifs is 1. The first-order valence-corrected chi connectivity index (χ1v) is 10.3. The van der Waals surface area contributed by atoms with Gasteiger partial charge >= 0.3 is 0 Å². The highest BCUT2D eigenvalue weighted by Gasteiger charge is 2.26. The summed E-state index contributed by atoms with van der Waals surface area (Å²) in [6, 6.07) is 0. The van der Waals surface area contributed by atoms with E-state index < -0.39 is 0 Å². The second-order valence-corrected chi connectivity index (χ2v) is 8.46. The molecule has 4 rings (SSSR count). The molecule has 7 nitrogen and oxygen atoms in total. The van der Waals surface area contributed by atoms with E-state index in [1.807, 2.05) is 33.2 Å². The van der Waals surface area contributed by atoms with Gasteiger partial charge in [-0.15, -0.1) is 11.3 Å². The van der Waals surface area contributed by atoms with Crippen LogP contribution >= 0.6 is 11.3 Å². The molecule has 148 valence electrons. The van der Waals surface area contributed by atoms with Crippen molar-refractivity contribution in [3.05, 3.63) is 55.9 Å². The van der Waals surface area contributed by atoms with E-state index >= 15 is 0 Å². The molecule has 3 aromatic heterocycles. The molecule has 0 fully saturated rings. The first-order chi connectivity index (χ1) is 13.4. The molecule has 28 heavy (non-hydrogen) atoms. The Morgan fingerprint density at radius 3 is 2.89 bits per heavy atom. The largest absolute Gasteiger partial charge is 0.361 e. The van der Waals surface area contributed by atoms with Crippen molar-refractivity contribution in [1.29, 1.82) is 0 Å². The third kappa shape index (κ3) is 3.49. The van der Waals surface area contributed by atoms with Crippen LogP contribution in [0.15, 0.2) is 16.1 Å². The number of nitrogens with one attached hydrogen (secondary N) is 1. The maximum atomic E-state index is 13.0. The normalized spacial score (nSPS) is 14.3. The lowest BCUT2D eigenvalue weighted by Gasteiger charge is -2.27. The van der Waals surface area contributed by atoms with Crippen molar-refractivity contribution in [3.8, 4) is 0 Å². The van der Waals surface area contributed by atoms with E-state index in [4.69, 9.17) is 4.52 Å². The predicted octanol–water partition coefficient (Wildman–Crippen LogP) is 3.21. The van der Waals surface area contributed by atoms with Gasteiger partial charge in [0.2, 0.25) is 0 Å². The fourth-order valence-corrected chi connectivity index (χ4v) is 4.83. The highest BCUT2D eigenvalue weighted by Crippen LogP contribution is 2.31. The number of hydrogen-bond acceptors (Lipinski definition) is 6. The summed E-state index contributed by atoms with van der Waals surface area (Å²) in [6.45, 7) is 9.11. The Bertz CT molecular complexity index is 983. The third-order valence-electron chi connectivity index (χ3n) is 5.51. The van der Waals surface area contributed by atoms with Gasteiger partial charge in [-0.2, -0.15) is 5.10 Å². The topological polar surface area (TPSA) is 78.3 Å². The molecule has 0 saturated heterocycles. The van der Waals surface area contributed by atoms with Crippen LogP contribution in [0.2, 0.25) is 0 Å². The van der Waals surface area contributed by atoms with Crippen molar-refractivity contribution in [2.45, 2.75) is 46.8 Å². The third-order valence-corrected chi connectivity index (χ3v) is 6.52. The SMILES string of the molecule is Cc1noc(C)c1CN1CCc2c(C(=O)N(C)Cc3cn[nH]c3C)csc2C1. The van der Waals surface area contributed by atoms with Crippen molar-refractivity contribution in [1.82, 2.24) is 25.2 Å². The number of nitrogens with zero attached hydrogens (tertiary/aromatic N) is 4. The lowest BCUT2D eigenvalue weighted by molar-refractivity contribution is 0.0783. The van der Waals surface area contributed by atoms with Crippen LogP contribution in [0.3, 0.4) is 0 Å². The lowest BCUT2D eigenvalue weighted by Crippen LogP contribution is -2.32. The van der Waals surface area contributed by atoms with Gasteiger partial charge in [-0.1, -0.05) is 5.16 Å². The quantitative estimate of drug-likeness (QED) is 0.713. The molecule has 1 aliphatic rings. The molecule has 0 atom stereocenters. The summed E-state index contributed by atoms with van der Waals surface area (Å²) in [4.78, 5) is 18.5. The van der Waals surface area contributed by atoms with E-state index in [2.05, 4.69) is 20.3 Å². The Kier molecular flexibility index (Phi) is 5.07. The number of carbonyl (C=O) groups is 1. The van der Waals surface area contributed by atoms with Crippen molar-refractivity contribution >= 4 is 17.2 Å². The molecule has 0 aliphatic carbocycles. The minimum atomic E-state index is 0.0808. The van der Waals surface area contributed by atoms with Crippen molar-refractivity contribution in [2.75, 3.05) is 13.6 Å². The maximum absolute atomic E-state index is 13.0. The van der Waals surface area contributed by atoms with Crippen molar-refractivity contribution in [2.24, 2.45) is 0 Å². The minimum absolute atomic E-state index is 0.0808. The Labute approximate surface area is 168 Å². The maximum Gasteiger partial charge on any atom is 0.255 e. The van der Waals surface area contributed by atoms with Gasteiger partial charge in [0.25, 0.3) is 5.91 Å². The van der Waals surface area contributed by atoms with Gasteiger partial charge in [-0.05, 0) is 32.8 Å². The molecular formula is C20H25N5O2S. The van der Waals surface area contributed by atoms with Crippen LogP contribution in [0.4, 0.5) is 0 Å². The molecular weight excluding hydrogens is 374 g/mol. The monoisotopic (exact) mass is 399 g/mol. The summed E-state index contributed by atoms with van der Waals surface area (Å²) in [5.74, 6) is 0.971. The number of carbonyl (C=O) groups excluding carboxylic acids is 1. The lowest BCUT2D eigenvalue weighted by atomic mass is 10.0. The van der Waals surface area contributed by atoms with E-state index in [1.54, 1.807) is 22.4 Å². The van der Waals surface area contributed by atoms with E-state index in [1.165, 1.54) is 16.0 Å². The number of thiophene rings is 1. The van der Waals surface area contributed by atoms with Gasteiger partial charge in [0, 0.05) is 60.3 Å². The molecule has 0 bridgehead atoms. The molecule has 1 N–H and O–H groups in total. The number of aromatic nitrogens is 3. The molecule has 0 aromatic carbocycles. The molecule has 0 spiro atoms. The zero-order chi connectivity index (χ0) is 19.8. The zero-order valence-electron chi connectivity index (χ0n) is 16.7. The first kappa shape index (κ1) is 18.9. The van der Waals surface area contributed by atoms with Crippen LogP contribution < -0.4 is 0 Å². The Morgan fingerprint density at radius 2 is 2.21 bits per heavy atom. The second-order valence-electron chi connectivity index (χ2n) is 7.50. The molecule has 0 unspecified atom stereocenters. The number of aromatic amines is 1. The van der Waals surface area contributed by atoms with Gasteiger partial charge in [0.1, 0.15) is 5.76 Å². The summed E-state index contributed by atoms with van der Waals surface area (Å²) < 4.78 is 5.29. The zero-order valence-corrected chi connectivity index (χ0v) is 17.5. The summed E-state index contributed by atoms with van der Waals surface area (Å²) in [5.41, 5.74) is 6.24. The average molecular weight is 400 g/mol. The van der Waals surface area contributed by atoms with Crippen LogP contribution in [0, 0.1) is 20.8 Å². The van der Waals surface area contributed by atoms with Crippen LogP contribution in [-0.4, -0.2) is 44.7 Å². The Balaban J connectivity index is 1.46. The number of rotatable bonds is 5. The number of aryl methyl sites for hydroxylation is 3. The summed E-state index contributed by atoms with van der Waals surface area (Å²) >= 11 is 1.69. The molecule has 0 radical (unpaired) electrons. The summed E-state index contributed by atoms with van der Waals surface area (Å²) in [5, 5.41) is 13.0. The summed E-state index contributed by atoms with van der Waals surface area (Å²) in [6.07, 6.45) is 2.68. The molecule has 8 heteroatoms. The van der Waals surface area contributed by atoms with Crippen molar-refractivity contribution in [3.63, 3.8) is 0 Å². The number of H-pyrrole nitrogens is 1. The van der Waals surface area contributed by atoms with Crippen molar-refractivity contribution < 1.29 is 9.32 Å². The van der Waals surface area contributed by atoms with Gasteiger partial charge in [0.05, 0.1) is 17.5 Å². The summed E-state index contributed by atoms with van der Waals surface area (Å²) in [7, 11) is 1.85. The highest BCUT2D eigenvalue weighted by atomic mass is 32.1.